The van der Waals surface area contributed by atoms with Crippen LogP contribution in [0, 0.1) is 0 Å². The summed E-state index contributed by atoms with van der Waals surface area (Å²) >= 11 is 0. The fraction of sp³-hybridized carbons (Fsp3) is 0.571. The first kappa shape index (κ1) is 11.6. The lowest BCUT2D eigenvalue weighted by molar-refractivity contribution is 0.140. The van der Waals surface area contributed by atoms with Crippen LogP contribution in [0.25, 0.3) is 0 Å². The molecule has 0 spiro atoms. The largest absolute Gasteiger partial charge is 0.396 e. The molecule has 1 aromatic carbocycles. The highest BCUT2D eigenvalue weighted by atomic mass is 16.3. The molecule has 1 saturated carbocycles. The molecule has 0 heterocycles. The fourth-order valence-corrected chi connectivity index (χ4v) is 1.93. The van der Waals surface area contributed by atoms with E-state index in [1.807, 2.05) is 0 Å². The number of aliphatic hydroxyl groups is 2. The van der Waals surface area contributed by atoms with E-state index in [-0.39, 0.29) is 12.2 Å². The van der Waals surface area contributed by atoms with Gasteiger partial charge in [-0.15, -0.1) is 0 Å². The topological polar surface area (TPSA) is 40.5 Å². The van der Waals surface area contributed by atoms with Gasteiger partial charge in [0.25, 0.3) is 0 Å². The maximum atomic E-state index is 9.73. The second kappa shape index (κ2) is 4.98. The Morgan fingerprint density at radius 1 is 1.00 bits per heavy atom. The van der Waals surface area contributed by atoms with Crippen LogP contribution in [0.2, 0.25) is 0 Å². The molecule has 0 bridgehead atoms. The number of hydrogen-bond donors (Lipinski definition) is 2. The van der Waals surface area contributed by atoms with E-state index in [0.717, 1.165) is 38.5 Å². The monoisotopic (exact) mass is 220 g/mol. The van der Waals surface area contributed by atoms with Gasteiger partial charge in [-0.05, 0) is 49.7 Å². The molecule has 0 aromatic heterocycles. The third-order valence-corrected chi connectivity index (χ3v) is 3.35. The van der Waals surface area contributed by atoms with E-state index in [1.165, 1.54) is 11.1 Å². The van der Waals surface area contributed by atoms with E-state index in [9.17, 15) is 5.11 Å². The summed E-state index contributed by atoms with van der Waals surface area (Å²) in [4.78, 5) is 0. The lowest BCUT2D eigenvalue weighted by Gasteiger charge is -2.07. The molecule has 2 N–H and O–H groups in total. The van der Waals surface area contributed by atoms with Crippen molar-refractivity contribution in [3.05, 3.63) is 35.4 Å². The molecular formula is C14H20O2. The molecule has 0 amide bonds. The third-order valence-electron chi connectivity index (χ3n) is 3.35. The maximum Gasteiger partial charge on any atom is 0.0653 e. The third kappa shape index (κ3) is 3.32. The van der Waals surface area contributed by atoms with Gasteiger partial charge in [-0.1, -0.05) is 24.3 Å². The van der Waals surface area contributed by atoms with Crippen LogP contribution in [0.5, 0.6) is 0 Å². The van der Waals surface area contributed by atoms with E-state index in [4.69, 9.17) is 5.11 Å². The van der Waals surface area contributed by atoms with Crippen molar-refractivity contribution in [1.82, 2.24) is 0 Å². The smallest absolute Gasteiger partial charge is 0.0653 e. The number of hydrogen-bond acceptors (Lipinski definition) is 2. The Hall–Kier alpha value is -0.860. The lowest BCUT2D eigenvalue weighted by Crippen LogP contribution is -2.07. The van der Waals surface area contributed by atoms with Crippen LogP contribution in [0.4, 0.5) is 0 Å². The Balaban J connectivity index is 1.81. The van der Waals surface area contributed by atoms with Crippen LogP contribution in [-0.4, -0.2) is 22.4 Å². The average molecular weight is 220 g/mol. The molecule has 1 aliphatic rings. The van der Waals surface area contributed by atoms with Crippen molar-refractivity contribution in [2.75, 3.05) is 6.61 Å². The number of benzene rings is 1. The molecule has 2 rings (SSSR count). The molecule has 0 atom stereocenters. The van der Waals surface area contributed by atoms with Crippen molar-refractivity contribution < 1.29 is 10.2 Å². The van der Waals surface area contributed by atoms with Gasteiger partial charge in [0.2, 0.25) is 0 Å². The van der Waals surface area contributed by atoms with Crippen molar-refractivity contribution in [2.24, 2.45) is 0 Å². The Bertz CT molecular complexity index is 325. The van der Waals surface area contributed by atoms with Crippen molar-refractivity contribution in [3.63, 3.8) is 0 Å². The van der Waals surface area contributed by atoms with Gasteiger partial charge in [-0.25, -0.2) is 0 Å². The molecule has 0 aliphatic heterocycles. The van der Waals surface area contributed by atoms with Crippen molar-refractivity contribution >= 4 is 0 Å². The molecule has 1 fully saturated rings. The van der Waals surface area contributed by atoms with Gasteiger partial charge in [0.15, 0.2) is 0 Å². The van der Waals surface area contributed by atoms with Crippen LogP contribution >= 0.6 is 0 Å². The molecule has 0 radical (unpaired) electrons. The van der Waals surface area contributed by atoms with Crippen LogP contribution < -0.4 is 0 Å². The standard InChI is InChI=1S/C14H20O2/c15-11-1-2-12-3-5-13(6-4-12)7-8-14(16)9-10-14/h3-6,15-16H,1-2,7-11H2. The quantitative estimate of drug-likeness (QED) is 0.770. The van der Waals surface area contributed by atoms with Gasteiger partial charge in [-0.2, -0.15) is 0 Å². The summed E-state index contributed by atoms with van der Waals surface area (Å²) < 4.78 is 0. The van der Waals surface area contributed by atoms with Crippen LogP contribution in [-0.2, 0) is 12.8 Å². The van der Waals surface area contributed by atoms with E-state index < -0.39 is 0 Å². The van der Waals surface area contributed by atoms with Crippen molar-refractivity contribution in [3.8, 4) is 0 Å². The van der Waals surface area contributed by atoms with Gasteiger partial charge in [0, 0.05) is 6.61 Å². The average Bonchev–Trinajstić information content (AvgIpc) is 3.04. The van der Waals surface area contributed by atoms with Gasteiger partial charge < -0.3 is 10.2 Å². The van der Waals surface area contributed by atoms with E-state index in [1.54, 1.807) is 0 Å². The summed E-state index contributed by atoms with van der Waals surface area (Å²) in [7, 11) is 0. The first-order chi connectivity index (χ1) is 7.72. The molecule has 1 aromatic rings. The predicted octanol–water partition coefficient (Wildman–Crippen LogP) is 2.07. The van der Waals surface area contributed by atoms with Gasteiger partial charge in [0.1, 0.15) is 0 Å². The second-order valence-electron chi connectivity index (χ2n) is 4.87. The molecule has 16 heavy (non-hydrogen) atoms. The number of aliphatic hydroxyl groups excluding tert-OH is 1. The van der Waals surface area contributed by atoms with Gasteiger partial charge >= 0.3 is 0 Å². The summed E-state index contributed by atoms with van der Waals surface area (Å²) in [5, 5.41) is 18.5. The first-order valence-corrected chi connectivity index (χ1v) is 6.13. The highest BCUT2D eigenvalue weighted by Crippen LogP contribution is 2.39. The van der Waals surface area contributed by atoms with E-state index in [0.29, 0.717) is 0 Å². The molecule has 2 heteroatoms. The highest BCUT2D eigenvalue weighted by Gasteiger charge is 2.39. The summed E-state index contributed by atoms with van der Waals surface area (Å²) in [5.74, 6) is 0. The van der Waals surface area contributed by atoms with Crippen LogP contribution in [0.1, 0.15) is 36.8 Å². The minimum Gasteiger partial charge on any atom is -0.396 e. The van der Waals surface area contributed by atoms with Crippen LogP contribution in [0.15, 0.2) is 24.3 Å². The Labute approximate surface area is 96.9 Å². The zero-order valence-electron chi connectivity index (χ0n) is 9.65. The first-order valence-electron chi connectivity index (χ1n) is 6.13. The Kier molecular flexibility index (Phi) is 3.62. The molecule has 0 saturated heterocycles. The number of rotatable bonds is 6. The molecule has 1 aliphatic carbocycles. The van der Waals surface area contributed by atoms with Gasteiger partial charge in [-0.3, -0.25) is 0 Å². The number of aryl methyl sites for hydroxylation is 2. The second-order valence-corrected chi connectivity index (χ2v) is 4.87. The highest BCUT2D eigenvalue weighted by molar-refractivity contribution is 5.23. The molecule has 2 nitrogen and oxygen atoms in total. The fourth-order valence-electron chi connectivity index (χ4n) is 1.93. The van der Waals surface area contributed by atoms with Gasteiger partial charge in [0.05, 0.1) is 5.60 Å². The zero-order chi connectivity index (χ0) is 11.4. The van der Waals surface area contributed by atoms with Crippen molar-refractivity contribution in [1.29, 1.82) is 0 Å². The Morgan fingerprint density at radius 3 is 2.06 bits per heavy atom. The summed E-state index contributed by atoms with van der Waals surface area (Å²) in [6.07, 6.45) is 5.59. The van der Waals surface area contributed by atoms with E-state index >= 15 is 0 Å². The summed E-state index contributed by atoms with van der Waals surface area (Å²) in [5.41, 5.74) is 2.24. The molecule has 88 valence electrons. The SMILES string of the molecule is OCCCc1ccc(CCC2(O)CC2)cc1. The predicted molar refractivity (Wildman–Crippen MR) is 64.4 cm³/mol. The molecule has 0 unspecified atom stereocenters. The van der Waals surface area contributed by atoms with Crippen molar-refractivity contribution in [2.45, 2.75) is 44.1 Å². The maximum absolute atomic E-state index is 9.73. The molecular weight excluding hydrogens is 200 g/mol. The minimum absolute atomic E-state index is 0.259. The van der Waals surface area contributed by atoms with Crippen LogP contribution in [0.3, 0.4) is 0 Å². The lowest BCUT2D eigenvalue weighted by atomic mass is 10.0. The minimum atomic E-state index is -0.338. The summed E-state index contributed by atoms with van der Waals surface area (Å²) in [6, 6.07) is 8.53. The Morgan fingerprint density at radius 2 is 1.56 bits per heavy atom. The zero-order valence-corrected chi connectivity index (χ0v) is 9.65. The summed E-state index contributed by atoms with van der Waals surface area (Å²) in [6.45, 7) is 0.259. The van der Waals surface area contributed by atoms with E-state index in [2.05, 4.69) is 24.3 Å². The normalized spacial score (nSPS) is 17.4.